The molecule has 0 heterocycles. The van der Waals surface area contributed by atoms with Gasteiger partial charge in [-0.1, -0.05) is 13.8 Å². The topological polar surface area (TPSA) is 99.3 Å². The molecule has 168 valence electrons. The van der Waals surface area contributed by atoms with Crippen LogP contribution in [0.5, 0.6) is 0 Å². The van der Waals surface area contributed by atoms with E-state index >= 15 is 0 Å². The average Bonchev–Trinajstić information content (AvgIpc) is 2.71. The maximum absolute atomic E-state index is 13.4. The van der Waals surface area contributed by atoms with Crippen molar-refractivity contribution in [3.05, 3.63) is 24.3 Å². The van der Waals surface area contributed by atoms with Crippen LogP contribution in [-0.4, -0.2) is 30.9 Å². The van der Waals surface area contributed by atoms with Crippen molar-refractivity contribution in [3.63, 3.8) is 0 Å². The number of amides is 4. The number of urea groups is 1. The first-order valence-corrected chi connectivity index (χ1v) is 11.5. The van der Waals surface area contributed by atoms with Crippen molar-refractivity contribution in [2.75, 3.05) is 17.7 Å². The van der Waals surface area contributed by atoms with Crippen LogP contribution < -0.4 is 21.3 Å². The van der Waals surface area contributed by atoms with Gasteiger partial charge in [0, 0.05) is 23.8 Å². The molecule has 4 aliphatic carbocycles. The number of carbonyl (C=O) groups is 3. The zero-order chi connectivity index (χ0) is 22.2. The largest absolute Gasteiger partial charge is 0.344 e. The molecule has 7 nitrogen and oxygen atoms in total. The minimum Gasteiger partial charge on any atom is -0.344 e. The van der Waals surface area contributed by atoms with Gasteiger partial charge >= 0.3 is 6.03 Å². The standard InChI is InChI=1S/C24H34N4O3/c1-14(2)20(21(29)26-18-4-6-19(7-5-18)27-23(31)25-3)28-22(30)24-11-15-8-16(12-24)10-17(9-15)13-24/h4-7,14-17,20H,8-13H2,1-3H3,(H,26,29)(H,28,30)(H2,25,27,31). The molecule has 7 heteroatoms. The van der Waals surface area contributed by atoms with Crippen molar-refractivity contribution in [1.82, 2.24) is 10.6 Å². The Morgan fingerprint density at radius 2 is 1.35 bits per heavy atom. The molecule has 0 spiro atoms. The third kappa shape index (κ3) is 4.55. The van der Waals surface area contributed by atoms with Gasteiger partial charge in [0.2, 0.25) is 11.8 Å². The summed E-state index contributed by atoms with van der Waals surface area (Å²) in [4.78, 5) is 37.8. The number of benzene rings is 1. The second-order valence-electron chi connectivity index (χ2n) is 10.2. The summed E-state index contributed by atoms with van der Waals surface area (Å²) < 4.78 is 0. The summed E-state index contributed by atoms with van der Waals surface area (Å²) in [6.07, 6.45) is 6.80. The Kier molecular flexibility index (Phi) is 5.95. The van der Waals surface area contributed by atoms with Crippen molar-refractivity contribution >= 4 is 29.2 Å². The quantitative estimate of drug-likeness (QED) is 0.558. The van der Waals surface area contributed by atoms with Crippen LogP contribution >= 0.6 is 0 Å². The van der Waals surface area contributed by atoms with Crippen molar-refractivity contribution < 1.29 is 14.4 Å². The van der Waals surface area contributed by atoms with E-state index in [1.807, 2.05) is 13.8 Å². The van der Waals surface area contributed by atoms with Crippen LogP contribution in [0, 0.1) is 29.1 Å². The fourth-order valence-corrected chi connectivity index (χ4v) is 6.27. The number of hydrogen-bond donors (Lipinski definition) is 4. The van der Waals surface area contributed by atoms with Crippen LogP contribution in [-0.2, 0) is 9.59 Å². The van der Waals surface area contributed by atoms with E-state index in [1.165, 1.54) is 19.3 Å². The Morgan fingerprint density at radius 1 is 0.871 bits per heavy atom. The van der Waals surface area contributed by atoms with Gasteiger partial charge in [-0.15, -0.1) is 0 Å². The molecule has 0 saturated heterocycles. The molecule has 4 aliphatic rings. The molecule has 4 fully saturated rings. The van der Waals surface area contributed by atoms with Gasteiger partial charge in [-0.25, -0.2) is 4.79 Å². The Bertz CT molecular complexity index is 814. The molecule has 1 atom stereocenters. The van der Waals surface area contributed by atoms with E-state index in [-0.39, 0.29) is 29.2 Å². The monoisotopic (exact) mass is 426 g/mol. The van der Waals surface area contributed by atoms with E-state index < -0.39 is 6.04 Å². The third-order valence-electron chi connectivity index (χ3n) is 7.39. The van der Waals surface area contributed by atoms with Crippen LogP contribution in [0.2, 0.25) is 0 Å². The smallest absolute Gasteiger partial charge is 0.318 e. The number of nitrogens with one attached hydrogen (secondary N) is 4. The zero-order valence-corrected chi connectivity index (χ0v) is 18.7. The van der Waals surface area contributed by atoms with Crippen molar-refractivity contribution in [3.8, 4) is 0 Å². The summed E-state index contributed by atoms with van der Waals surface area (Å²) in [5.74, 6) is 1.90. The average molecular weight is 427 g/mol. The summed E-state index contributed by atoms with van der Waals surface area (Å²) in [5, 5.41) is 11.2. The van der Waals surface area contributed by atoms with E-state index in [2.05, 4.69) is 21.3 Å². The summed E-state index contributed by atoms with van der Waals surface area (Å²) >= 11 is 0. The van der Waals surface area contributed by atoms with Gasteiger partial charge in [0.25, 0.3) is 0 Å². The van der Waals surface area contributed by atoms with E-state index in [4.69, 9.17) is 0 Å². The second kappa shape index (κ2) is 8.52. The summed E-state index contributed by atoms with van der Waals surface area (Å²) in [5.41, 5.74) is 0.991. The Morgan fingerprint density at radius 3 is 1.81 bits per heavy atom. The fraction of sp³-hybridized carbons (Fsp3) is 0.625. The molecule has 4 saturated carbocycles. The lowest BCUT2D eigenvalue weighted by atomic mass is 9.49. The van der Waals surface area contributed by atoms with Gasteiger partial charge in [-0.2, -0.15) is 0 Å². The van der Waals surface area contributed by atoms with Crippen molar-refractivity contribution in [1.29, 1.82) is 0 Å². The fourth-order valence-electron chi connectivity index (χ4n) is 6.27. The van der Waals surface area contributed by atoms with E-state index in [0.29, 0.717) is 29.1 Å². The number of hydrogen-bond acceptors (Lipinski definition) is 3. The lowest BCUT2D eigenvalue weighted by Crippen LogP contribution is -2.57. The van der Waals surface area contributed by atoms with Gasteiger partial charge in [-0.05, 0) is 86.5 Å². The Labute approximate surface area is 184 Å². The first kappa shape index (κ1) is 21.7. The van der Waals surface area contributed by atoms with E-state index in [0.717, 1.165) is 19.3 Å². The molecular weight excluding hydrogens is 392 g/mol. The van der Waals surface area contributed by atoms with Gasteiger partial charge < -0.3 is 21.3 Å². The predicted octanol–water partition coefficient (Wildman–Crippen LogP) is 3.73. The molecular formula is C24H34N4O3. The lowest BCUT2D eigenvalue weighted by Gasteiger charge is -2.55. The minimum atomic E-state index is -0.579. The molecule has 4 bridgehead atoms. The molecule has 1 aromatic rings. The highest BCUT2D eigenvalue weighted by Gasteiger charge is 2.55. The molecule has 0 aliphatic heterocycles. The highest BCUT2D eigenvalue weighted by Crippen LogP contribution is 2.60. The van der Waals surface area contributed by atoms with Gasteiger partial charge in [0.1, 0.15) is 6.04 Å². The second-order valence-corrected chi connectivity index (χ2v) is 10.2. The zero-order valence-electron chi connectivity index (χ0n) is 18.7. The lowest BCUT2D eigenvalue weighted by molar-refractivity contribution is -0.148. The molecule has 0 radical (unpaired) electrons. The predicted molar refractivity (Wildman–Crippen MR) is 121 cm³/mol. The first-order valence-electron chi connectivity index (χ1n) is 11.5. The van der Waals surface area contributed by atoms with Gasteiger partial charge in [0.15, 0.2) is 0 Å². The molecule has 4 N–H and O–H groups in total. The van der Waals surface area contributed by atoms with Crippen LogP contribution in [0.1, 0.15) is 52.4 Å². The molecule has 0 aromatic heterocycles. The highest BCUT2D eigenvalue weighted by molar-refractivity contribution is 5.98. The first-order chi connectivity index (χ1) is 14.8. The van der Waals surface area contributed by atoms with E-state index in [9.17, 15) is 14.4 Å². The Balaban J connectivity index is 1.40. The minimum absolute atomic E-state index is 0.0212. The third-order valence-corrected chi connectivity index (χ3v) is 7.39. The SMILES string of the molecule is CNC(=O)Nc1ccc(NC(=O)C(NC(=O)C23CC4CC(CC(C4)C2)C3)C(C)C)cc1. The number of rotatable bonds is 6. The summed E-state index contributed by atoms with van der Waals surface area (Å²) in [7, 11) is 1.55. The Hall–Kier alpha value is -2.57. The number of carbonyl (C=O) groups excluding carboxylic acids is 3. The van der Waals surface area contributed by atoms with Crippen LogP contribution in [0.4, 0.5) is 16.2 Å². The van der Waals surface area contributed by atoms with Crippen molar-refractivity contribution in [2.24, 2.45) is 29.1 Å². The van der Waals surface area contributed by atoms with Crippen LogP contribution in [0.3, 0.4) is 0 Å². The van der Waals surface area contributed by atoms with Gasteiger partial charge in [-0.3, -0.25) is 9.59 Å². The molecule has 4 amide bonds. The normalized spacial score (nSPS) is 29.4. The van der Waals surface area contributed by atoms with Crippen molar-refractivity contribution in [2.45, 2.75) is 58.4 Å². The molecule has 5 rings (SSSR count). The maximum atomic E-state index is 13.4. The highest BCUT2D eigenvalue weighted by atomic mass is 16.2. The van der Waals surface area contributed by atoms with Gasteiger partial charge in [0.05, 0.1) is 0 Å². The maximum Gasteiger partial charge on any atom is 0.318 e. The molecule has 31 heavy (non-hydrogen) atoms. The number of anilines is 2. The van der Waals surface area contributed by atoms with Crippen LogP contribution in [0.25, 0.3) is 0 Å². The molecule has 1 aromatic carbocycles. The summed E-state index contributed by atoms with van der Waals surface area (Å²) in [6.45, 7) is 3.92. The van der Waals surface area contributed by atoms with E-state index in [1.54, 1.807) is 31.3 Å². The summed E-state index contributed by atoms with van der Waals surface area (Å²) in [6, 6.07) is 6.04. The molecule has 1 unspecified atom stereocenters. The van der Waals surface area contributed by atoms with Crippen LogP contribution in [0.15, 0.2) is 24.3 Å².